The zero-order valence-corrected chi connectivity index (χ0v) is 15.5. The molecule has 0 bridgehead atoms. The first kappa shape index (κ1) is 16.8. The molecule has 140 valence electrons. The van der Waals surface area contributed by atoms with Crippen molar-refractivity contribution in [1.82, 2.24) is 15.0 Å². The molecule has 5 nitrogen and oxygen atoms in total. The van der Waals surface area contributed by atoms with E-state index in [0.717, 1.165) is 59.8 Å². The molecule has 3 heterocycles. The number of rotatable bonds is 5. The monoisotopic (exact) mass is 371 g/mol. The number of ether oxygens (including phenoxy) is 2. The van der Waals surface area contributed by atoms with Crippen LogP contribution in [0.1, 0.15) is 17.5 Å². The number of fused-ring (bicyclic) bond motifs is 2. The molecule has 1 aliphatic heterocycles. The molecule has 0 fully saturated rings. The third-order valence-corrected chi connectivity index (χ3v) is 5.02. The summed E-state index contributed by atoms with van der Waals surface area (Å²) in [6, 6.07) is 16.5. The van der Waals surface area contributed by atoms with E-state index < -0.39 is 0 Å². The average molecular weight is 371 g/mol. The number of benzene rings is 2. The van der Waals surface area contributed by atoms with E-state index in [1.54, 1.807) is 12.4 Å². The molecule has 0 aliphatic carbocycles. The second kappa shape index (κ2) is 7.35. The molecule has 5 heteroatoms. The van der Waals surface area contributed by atoms with Crippen LogP contribution in [0.3, 0.4) is 0 Å². The highest BCUT2D eigenvalue weighted by molar-refractivity contribution is 5.79. The van der Waals surface area contributed by atoms with Crippen LogP contribution in [0.25, 0.3) is 22.4 Å². The fourth-order valence-electron chi connectivity index (χ4n) is 3.61. The van der Waals surface area contributed by atoms with Crippen LogP contribution in [0, 0.1) is 0 Å². The zero-order valence-electron chi connectivity index (χ0n) is 15.5. The Kier molecular flexibility index (Phi) is 4.41. The van der Waals surface area contributed by atoms with Gasteiger partial charge in [0.05, 0.1) is 24.9 Å². The summed E-state index contributed by atoms with van der Waals surface area (Å²) >= 11 is 0. The summed E-state index contributed by atoms with van der Waals surface area (Å²) in [5, 5.41) is 0. The van der Waals surface area contributed by atoms with Crippen LogP contribution in [-0.4, -0.2) is 28.2 Å². The molecule has 4 aromatic rings. The van der Waals surface area contributed by atoms with Gasteiger partial charge in [-0.25, -0.2) is 4.98 Å². The highest BCUT2D eigenvalue weighted by Gasteiger charge is 2.19. The van der Waals surface area contributed by atoms with Gasteiger partial charge in [0.25, 0.3) is 0 Å². The number of nitrogens with one attached hydrogen (secondary N) is 1. The Morgan fingerprint density at radius 1 is 1.11 bits per heavy atom. The Morgan fingerprint density at radius 3 is 2.93 bits per heavy atom. The van der Waals surface area contributed by atoms with Gasteiger partial charge < -0.3 is 14.5 Å². The molecule has 0 amide bonds. The normalized spacial score (nSPS) is 13.1. The number of pyridine rings is 1. The zero-order chi connectivity index (χ0) is 18.8. The minimum Gasteiger partial charge on any atom is -0.489 e. The van der Waals surface area contributed by atoms with Crippen molar-refractivity contribution in [2.75, 3.05) is 13.2 Å². The summed E-state index contributed by atoms with van der Waals surface area (Å²) in [6.07, 6.45) is 6.40. The van der Waals surface area contributed by atoms with Crippen molar-refractivity contribution in [1.29, 1.82) is 0 Å². The van der Waals surface area contributed by atoms with Gasteiger partial charge in [-0.05, 0) is 42.2 Å². The van der Waals surface area contributed by atoms with Gasteiger partial charge in [-0.1, -0.05) is 30.3 Å². The maximum absolute atomic E-state index is 6.17. The fraction of sp³-hybridized carbons (Fsp3) is 0.217. The molecule has 1 aliphatic rings. The van der Waals surface area contributed by atoms with Crippen LogP contribution < -0.4 is 9.47 Å². The van der Waals surface area contributed by atoms with E-state index in [1.807, 2.05) is 18.2 Å². The fourth-order valence-corrected chi connectivity index (χ4v) is 3.61. The van der Waals surface area contributed by atoms with Gasteiger partial charge in [0.15, 0.2) is 11.5 Å². The number of aromatic amines is 1. The summed E-state index contributed by atoms with van der Waals surface area (Å²) in [7, 11) is 0. The molecular formula is C23H21N3O2. The number of nitrogens with zero attached hydrogens (tertiary/aromatic N) is 2. The quantitative estimate of drug-likeness (QED) is 0.558. The second-order valence-electron chi connectivity index (χ2n) is 6.98. The maximum atomic E-state index is 6.17. The summed E-state index contributed by atoms with van der Waals surface area (Å²) in [5.74, 6) is 2.49. The van der Waals surface area contributed by atoms with Crippen molar-refractivity contribution in [3.05, 3.63) is 72.1 Å². The lowest BCUT2D eigenvalue weighted by molar-refractivity contribution is 0.252. The molecule has 2 aromatic heterocycles. The van der Waals surface area contributed by atoms with E-state index in [1.165, 1.54) is 11.1 Å². The van der Waals surface area contributed by atoms with Crippen molar-refractivity contribution in [3.63, 3.8) is 0 Å². The number of hydrogen-bond donors (Lipinski definition) is 1. The Labute approximate surface area is 163 Å². The molecule has 28 heavy (non-hydrogen) atoms. The average Bonchev–Trinajstić information content (AvgIpc) is 3.19. The van der Waals surface area contributed by atoms with E-state index >= 15 is 0 Å². The van der Waals surface area contributed by atoms with E-state index in [9.17, 15) is 0 Å². The van der Waals surface area contributed by atoms with Crippen LogP contribution in [0.5, 0.6) is 11.5 Å². The smallest absolute Gasteiger partial charge is 0.164 e. The lowest BCUT2D eigenvalue weighted by Crippen LogP contribution is -2.11. The van der Waals surface area contributed by atoms with Crippen molar-refractivity contribution >= 4 is 11.0 Å². The molecule has 0 spiro atoms. The first-order chi connectivity index (χ1) is 13.9. The molecule has 1 N–H and O–H groups in total. The molecule has 0 atom stereocenters. The van der Waals surface area contributed by atoms with E-state index in [-0.39, 0.29) is 0 Å². The summed E-state index contributed by atoms with van der Waals surface area (Å²) in [4.78, 5) is 12.2. The number of imidazole rings is 1. The van der Waals surface area contributed by atoms with Gasteiger partial charge in [-0.3, -0.25) is 4.98 Å². The van der Waals surface area contributed by atoms with Crippen LogP contribution in [0.15, 0.2) is 60.9 Å². The number of H-pyrrole nitrogens is 1. The van der Waals surface area contributed by atoms with Gasteiger partial charge in [0.2, 0.25) is 0 Å². The van der Waals surface area contributed by atoms with Gasteiger partial charge >= 0.3 is 0 Å². The highest BCUT2D eigenvalue weighted by Crippen LogP contribution is 2.39. The number of hydrogen-bond acceptors (Lipinski definition) is 4. The van der Waals surface area contributed by atoms with Crippen LogP contribution in [-0.2, 0) is 12.8 Å². The topological polar surface area (TPSA) is 60.0 Å². The summed E-state index contributed by atoms with van der Waals surface area (Å²) in [6.45, 7) is 1.34. The highest BCUT2D eigenvalue weighted by atomic mass is 16.5. The standard InChI is InChI=1S/C23H21N3O2/c1-2-5-16(6-3-1)9-12-27-21-14-18(13-17-7-4-11-28-22(17)21)23-25-19-8-10-24-15-20(19)26-23/h1-3,5-6,8,10,13-15H,4,7,9,11-12H2,(H,25,26). The molecule has 0 radical (unpaired) electrons. The van der Waals surface area contributed by atoms with Crippen molar-refractivity contribution in [2.45, 2.75) is 19.3 Å². The molecule has 0 saturated carbocycles. The Hall–Kier alpha value is -3.34. The predicted molar refractivity (Wildman–Crippen MR) is 109 cm³/mol. The Balaban J connectivity index is 1.46. The van der Waals surface area contributed by atoms with Crippen LogP contribution in [0.2, 0.25) is 0 Å². The largest absolute Gasteiger partial charge is 0.489 e. The van der Waals surface area contributed by atoms with Gasteiger partial charge in [-0.15, -0.1) is 0 Å². The third-order valence-electron chi connectivity index (χ3n) is 5.02. The maximum Gasteiger partial charge on any atom is 0.164 e. The Morgan fingerprint density at radius 2 is 2.04 bits per heavy atom. The van der Waals surface area contributed by atoms with Gasteiger partial charge in [-0.2, -0.15) is 0 Å². The summed E-state index contributed by atoms with van der Waals surface area (Å²) < 4.78 is 12.1. The van der Waals surface area contributed by atoms with Gasteiger partial charge in [0.1, 0.15) is 11.3 Å². The lowest BCUT2D eigenvalue weighted by atomic mass is 10.0. The second-order valence-corrected chi connectivity index (χ2v) is 6.98. The molecular weight excluding hydrogens is 350 g/mol. The molecule has 0 unspecified atom stereocenters. The Bertz CT molecular complexity index is 1070. The van der Waals surface area contributed by atoms with E-state index in [0.29, 0.717) is 6.61 Å². The van der Waals surface area contributed by atoms with Crippen LogP contribution in [0.4, 0.5) is 0 Å². The molecule has 2 aromatic carbocycles. The first-order valence-corrected chi connectivity index (χ1v) is 9.63. The van der Waals surface area contributed by atoms with E-state index in [2.05, 4.69) is 45.3 Å². The predicted octanol–water partition coefficient (Wildman–Crippen LogP) is 4.57. The third kappa shape index (κ3) is 3.31. The minimum absolute atomic E-state index is 0.604. The molecule has 0 saturated heterocycles. The van der Waals surface area contributed by atoms with Crippen LogP contribution >= 0.6 is 0 Å². The summed E-state index contributed by atoms with van der Waals surface area (Å²) in [5.41, 5.74) is 5.29. The van der Waals surface area contributed by atoms with Gasteiger partial charge in [0, 0.05) is 18.2 Å². The minimum atomic E-state index is 0.604. The van der Waals surface area contributed by atoms with Crippen molar-refractivity contribution in [3.8, 4) is 22.9 Å². The van der Waals surface area contributed by atoms with Crippen molar-refractivity contribution < 1.29 is 9.47 Å². The number of aryl methyl sites for hydroxylation is 1. The lowest BCUT2D eigenvalue weighted by Gasteiger charge is -2.21. The van der Waals surface area contributed by atoms with Crippen molar-refractivity contribution in [2.24, 2.45) is 0 Å². The SMILES string of the molecule is c1ccc(CCOc2cc(-c3nc4cnccc4[nH]3)cc3c2OCCC3)cc1. The first-order valence-electron chi connectivity index (χ1n) is 9.63. The molecule has 5 rings (SSSR count). The van der Waals surface area contributed by atoms with E-state index in [4.69, 9.17) is 9.47 Å². The number of aromatic nitrogens is 3.